The summed E-state index contributed by atoms with van der Waals surface area (Å²) < 4.78 is 5.63. The van der Waals surface area contributed by atoms with Gasteiger partial charge in [0, 0.05) is 21.2 Å². The lowest BCUT2D eigenvalue weighted by Gasteiger charge is -2.09. The molecule has 9 heteroatoms. The molecule has 0 bridgehead atoms. The first kappa shape index (κ1) is 18.5. The van der Waals surface area contributed by atoms with E-state index in [2.05, 4.69) is 10.6 Å². The highest BCUT2D eigenvalue weighted by Gasteiger charge is 2.20. The summed E-state index contributed by atoms with van der Waals surface area (Å²) in [5.74, 6) is -1.47. The van der Waals surface area contributed by atoms with Crippen LogP contribution in [0.25, 0.3) is 10.1 Å². The first-order valence-corrected chi connectivity index (χ1v) is 8.50. The number of carbonyl (C=O) groups is 3. The maximum absolute atomic E-state index is 12.1. The van der Waals surface area contributed by atoms with Crippen LogP contribution in [0.3, 0.4) is 0 Å². The van der Waals surface area contributed by atoms with E-state index in [1.807, 2.05) is 0 Å². The third kappa shape index (κ3) is 4.59. The molecule has 0 unspecified atom stereocenters. The van der Waals surface area contributed by atoms with Crippen molar-refractivity contribution in [2.45, 2.75) is 19.9 Å². The number of esters is 1. The zero-order valence-electron chi connectivity index (χ0n) is 12.8. The molecule has 0 saturated heterocycles. The van der Waals surface area contributed by atoms with Crippen LogP contribution < -0.4 is 10.6 Å². The lowest BCUT2D eigenvalue weighted by molar-refractivity contribution is -0.123. The highest BCUT2D eigenvalue weighted by atomic mass is 35.5. The molecule has 0 aliphatic rings. The molecule has 0 aliphatic carbocycles. The number of benzene rings is 1. The number of hydrogen-bond acceptors (Lipinski definition) is 5. The van der Waals surface area contributed by atoms with Crippen LogP contribution in [0.15, 0.2) is 18.2 Å². The van der Waals surface area contributed by atoms with E-state index in [4.69, 9.17) is 27.9 Å². The largest absolute Gasteiger partial charge is 0.451 e. The Balaban J connectivity index is 1.99. The number of hydrogen-bond donors (Lipinski definition) is 2. The Morgan fingerprint density at radius 1 is 1.25 bits per heavy atom. The molecule has 6 nitrogen and oxygen atoms in total. The second-order valence-corrected chi connectivity index (χ2v) is 7.00. The van der Waals surface area contributed by atoms with Gasteiger partial charge in [-0.2, -0.15) is 0 Å². The van der Waals surface area contributed by atoms with Crippen molar-refractivity contribution in [3.63, 3.8) is 0 Å². The molecule has 1 aromatic heterocycles. The number of carbonyl (C=O) groups excluding carboxylic acids is 3. The van der Waals surface area contributed by atoms with E-state index in [1.165, 1.54) is 0 Å². The summed E-state index contributed by atoms with van der Waals surface area (Å²) in [4.78, 5) is 35.2. The van der Waals surface area contributed by atoms with Gasteiger partial charge >= 0.3 is 12.0 Å². The van der Waals surface area contributed by atoms with Crippen LogP contribution in [0.4, 0.5) is 4.79 Å². The molecule has 2 N–H and O–H groups in total. The van der Waals surface area contributed by atoms with Gasteiger partial charge in [-0.25, -0.2) is 9.59 Å². The summed E-state index contributed by atoms with van der Waals surface area (Å²) in [6.45, 7) is 2.91. The molecule has 0 spiro atoms. The van der Waals surface area contributed by atoms with Crippen LogP contribution in [0, 0.1) is 0 Å². The van der Waals surface area contributed by atoms with Crippen LogP contribution in [0.2, 0.25) is 10.0 Å². The first-order chi connectivity index (χ1) is 11.3. The number of nitrogens with one attached hydrogen (secondary N) is 2. The summed E-state index contributed by atoms with van der Waals surface area (Å²) in [6, 6.07) is 4.28. The molecule has 24 heavy (non-hydrogen) atoms. The summed E-state index contributed by atoms with van der Waals surface area (Å²) in [7, 11) is 0. The van der Waals surface area contributed by atoms with Gasteiger partial charge < -0.3 is 10.1 Å². The number of halogens is 2. The molecule has 2 aromatic rings. The van der Waals surface area contributed by atoms with Crippen LogP contribution in [-0.4, -0.2) is 30.6 Å². The maximum atomic E-state index is 12.1. The Bertz CT molecular complexity index is 804. The van der Waals surface area contributed by atoms with Crippen molar-refractivity contribution < 1.29 is 19.1 Å². The van der Waals surface area contributed by atoms with Crippen LogP contribution in [-0.2, 0) is 9.53 Å². The monoisotopic (exact) mass is 388 g/mol. The molecule has 0 fully saturated rings. The van der Waals surface area contributed by atoms with Crippen molar-refractivity contribution in [3.8, 4) is 0 Å². The topological polar surface area (TPSA) is 84.5 Å². The van der Waals surface area contributed by atoms with E-state index < -0.39 is 24.5 Å². The quantitative estimate of drug-likeness (QED) is 0.783. The molecule has 0 saturated carbocycles. The molecule has 3 amide bonds. The van der Waals surface area contributed by atoms with E-state index in [0.717, 1.165) is 16.0 Å². The summed E-state index contributed by atoms with van der Waals surface area (Å²) >= 11 is 13.2. The summed E-state index contributed by atoms with van der Waals surface area (Å²) in [5, 5.41) is 5.98. The summed E-state index contributed by atoms with van der Waals surface area (Å²) in [6.07, 6.45) is 0. The molecule has 128 valence electrons. The number of amides is 3. The summed E-state index contributed by atoms with van der Waals surface area (Å²) in [5.41, 5.74) is 0. The molecule has 0 aliphatic heterocycles. The molecular formula is C15H14Cl2N2O4S. The Morgan fingerprint density at radius 2 is 1.96 bits per heavy atom. The van der Waals surface area contributed by atoms with Gasteiger partial charge in [0.15, 0.2) is 6.61 Å². The molecule has 1 aromatic carbocycles. The van der Waals surface area contributed by atoms with E-state index in [0.29, 0.717) is 10.4 Å². The van der Waals surface area contributed by atoms with Gasteiger partial charge in [0.2, 0.25) is 0 Å². The normalized spacial score (nSPS) is 10.7. The Hall–Kier alpha value is -1.83. The van der Waals surface area contributed by atoms with Gasteiger partial charge in [-0.15, -0.1) is 11.3 Å². The Kier molecular flexibility index (Phi) is 6.04. The molecule has 1 heterocycles. The van der Waals surface area contributed by atoms with Crippen LogP contribution >= 0.6 is 34.5 Å². The Labute approximate surface area is 152 Å². The predicted molar refractivity (Wildman–Crippen MR) is 93.9 cm³/mol. The average Bonchev–Trinajstić information content (AvgIpc) is 2.80. The SMILES string of the molecule is CC(C)NC(=O)NC(=O)COC(=O)c1sc2cc(Cl)ccc2c1Cl. The van der Waals surface area contributed by atoms with Crippen molar-refractivity contribution in [1.29, 1.82) is 0 Å². The second-order valence-electron chi connectivity index (χ2n) is 5.14. The lowest BCUT2D eigenvalue weighted by Crippen LogP contribution is -2.44. The predicted octanol–water partition coefficient (Wildman–Crippen LogP) is 3.60. The van der Waals surface area contributed by atoms with Gasteiger partial charge in [-0.3, -0.25) is 10.1 Å². The number of rotatable bonds is 4. The minimum atomic E-state index is -0.739. The highest BCUT2D eigenvalue weighted by Crippen LogP contribution is 2.37. The number of fused-ring (bicyclic) bond motifs is 1. The van der Waals surface area contributed by atoms with Crippen molar-refractivity contribution >= 4 is 62.5 Å². The number of thiophene rings is 1. The van der Waals surface area contributed by atoms with Gasteiger partial charge in [-0.05, 0) is 26.0 Å². The van der Waals surface area contributed by atoms with Crippen LogP contribution in [0.5, 0.6) is 0 Å². The van der Waals surface area contributed by atoms with Gasteiger partial charge in [0.1, 0.15) is 4.88 Å². The van der Waals surface area contributed by atoms with Crippen molar-refractivity contribution in [1.82, 2.24) is 10.6 Å². The van der Waals surface area contributed by atoms with Crippen LogP contribution in [0.1, 0.15) is 23.5 Å². The van der Waals surface area contributed by atoms with Gasteiger partial charge in [0.05, 0.1) is 5.02 Å². The maximum Gasteiger partial charge on any atom is 0.350 e. The molecular weight excluding hydrogens is 375 g/mol. The van der Waals surface area contributed by atoms with E-state index in [1.54, 1.807) is 32.0 Å². The molecule has 0 radical (unpaired) electrons. The molecule has 2 rings (SSSR count). The highest BCUT2D eigenvalue weighted by molar-refractivity contribution is 7.21. The molecule has 0 atom stereocenters. The minimum absolute atomic E-state index is 0.121. The van der Waals surface area contributed by atoms with Crippen molar-refractivity contribution in [2.75, 3.05) is 6.61 Å². The third-order valence-corrected chi connectivity index (χ3v) is 4.66. The third-order valence-electron chi connectivity index (χ3n) is 2.78. The zero-order valence-corrected chi connectivity index (χ0v) is 15.1. The van der Waals surface area contributed by atoms with Gasteiger partial charge in [-0.1, -0.05) is 29.3 Å². The van der Waals surface area contributed by atoms with Crippen molar-refractivity contribution in [2.24, 2.45) is 0 Å². The number of imide groups is 1. The second kappa shape index (κ2) is 7.83. The smallest absolute Gasteiger partial charge is 0.350 e. The fraction of sp³-hybridized carbons (Fsp3) is 0.267. The zero-order chi connectivity index (χ0) is 17.9. The van der Waals surface area contributed by atoms with Gasteiger partial charge in [0.25, 0.3) is 5.91 Å². The average molecular weight is 389 g/mol. The number of urea groups is 1. The van der Waals surface area contributed by atoms with E-state index in [9.17, 15) is 14.4 Å². The van der Waals surface area contributed by atoms with Crippen molar-refractivity contribution in [3.05, 3.63) is 33.1 Å². The minimum Gasteiger partial charge on any atom is -0.451 e. The first-order valence-electron chi connectivity index (χ1n) is 6.93. The fourth-order valence-electron chi connectivity index (χ4n) is 1.83. The van der Waals surface area contributed by atoms with E-state index in [-0.39, 0.29) is 15.9 Å². The fourth-order valence-corrected chi connectivity index (χ4v) is 3.51. The standard InChI is InChI=1S/C15H14Cl2N2O4S/c1-7(2)18-15(22)19-11(20)6-23-14(21)13-12(17)9-4-3-8(16)5-10(9)24-13/h3-5,7H,6H2,1-2H3,(H2,18,19,20,22). The Morgan fingerprint density at radius 3 is 2.62 bits per heavy atom. The number of ether oxygens (including phenoxy) is 1. The van der Waals surface area contributed by atoms with E-state index >= 15 is 0 Å². The lowest BCUT2D eigenvalue weighted by atomic mass is 10.2.